The number of aliphatic hydroxyl groups excluding tert-OH is 1. The normalized spacial score (nSPS) is 17.6. The van der Waals surface area contributed by atoms with Gasteiger partial charge in [-0.2, -0.15) is 20.1 Å². The van der Waals surface area contributed by atoms with E-state index < -0.39 is 0 Å². The van der Waals surface area contributed by atoms with Crippen molar-refractivity contribution in [2.75, 3.05) is 17.7 Å². The molecule has 0 radical (unpaired) electrons. The molecule has 0 saturated heterocycles. The molecular formula is C13H19N7O. The van der Waals surface area contributed by atoms with Crippen LogP contribution in [0, 0.1) is 0 Å². The van der Waals surface area contributed by atoms with Gasteiger partial charge < -0.3 is 16.2 Å². The number of hydrogen-bond donors (Lipinski definition) is 3. The van der Waals surface area contributed by atoms with Gasteiger partial charge in [-0.15, -0.1) is 0 Å². The van der Waals surface area contributed by atoms with Crippen LogP contribution in [0.4, 0.5) is 11.9 Å². The number of rotatable bonds is 4. The van der Waals surface area contributed by atoms with E-state index in [1.54, 1.807) is 18.5 Å². The van der Waals surface area contributed by atoms with Crippen molar-refractivity contribution in [2.24, 2.45) is 0 Å². The van der Waals surface area contributed by atoms with Crippen LogP contribution in [0.5, 0.6) is 0 Å². The number of hydrogen-bond acceptors (Lipinski definition) is 7. The third-order valence-corrected chi connectivity index (χ3v) is 3.84. The predicted octanol–water partition coefficient (Wildman–Crippen LogP) is 0.747. The Morgan fingerprint density at radius 2 is 2.05 bits per heavy atom. The van der Waals surface area contributed by atoms with Crippen LogP contribution in [0.3, 0.4) is 0 Å². The molecule has 4 N–H and O–H groups in total. The molecule has 112 valence electrons. The van der Waals surface area contributed by atoms with E-state index in [1.807, 2.05) is 0 Å². The average Bonchev–Trinajstić information content (AvgIpc) is 3.02. The van der Waals surface area contributed by atoms with Crippen LogP contribution in [-0.4, -0.2) is 42.0 Å². The quantitative estimate of drug-likeness (QED) is 0.760. The molecule has 1 saturated carbocycles. The van der Waals surface area contributed by atoms with E-state index in [2.05, 4.69) is 25.4 Å². The maximum Gasteiger partial charge on any atom is 0.257 e. The van der Waals surface area contributed by atoms with Gasteiger partial charge >= 0.3 is 0 Å². The lowest BCUT2D eigenvalue weighted by Crippen LogP contribution is -2.44. The van der Waals surface area contributed by atoms with E-state index in [0.717, 1.165) is 25.7 Å². The average molecular weight is 289 g/mol. The van der Waals surface area contributed by atoms with Gasteiger partial charge in [-0.25, -0.2) is 4.68 Å². The van der Waals surface area contributed by atoms with Crippen molar-refractivity contribution in [1.29, 1.82) is 0 Å². The summed E-state index contributed by atoms with van der Waals surface area (Å²) in [6, 6.07) is 1.78. The van der Waals surface area contributed by atoms with Crippen molar-refractivity contribution in [2.45, 2.75) is 37.6 Å². The van der Waals surface area contributed by atoms with Crippen molar-refractivity contribution in [3.05, 3.63) is 18.5 Å². The van der Waals surface area contributed by atoms with Crippen molar-refractivity contribution < 1.29 is 5.11 Å². The van der Waals surface area contributed by atoms with Crippen LogP contribution in [0.2, 0.25) is 0 Å². The van der Waals surface area contributed by atoms with Gasteiger partial charge in [0.25, 0.3) is 5.95 Å². The summed E-state index contributed by atoms with van der Waals surface area (Å²) in [7, 11) is 0. The van der Waals surface area contributed by atoms with Crippen molar-refractivity contribution in [1.82, 2.24) is 24.7 Å². The van der Waals surface area contributed by atoms with E-state index in [0.29, 0.717) is 11.9 Å². The number of nitrogen functional groups attached to an aromatic ring is 1. The SMILES string of the molecule is Nc1nc(NC2(CO)CCCCC2)nc(-n2cccn2)n1. The Balaban J connectivity index is 1.88. The Bertz CT molecular complexity index is 593. The van der Waals surface area contributed by atoms with Gasteiger partial charge in [0.2, 0.25) is 11.9 Å². The molecule has 8 nitrogen and oxygen atoms in total. The first kappa shape index (κ1) is 13.7. The maximum absolute atomic E-state index is 9.74. The third-order valence-electron chi connectivity index (χ3n) is 3.84. The summed E-state index contributed by atoms with van der Waals surface area (Å²) in [6.07, 6.45) is 8.53. The number of aliphatic hydroxyl groups is 1. The van der Waals surface area contributed by atoms with Crippen molar-refractivity contribution in [3.63, 3.8) is 0 Å². The highest BCUT2D eigenvalue weighted by Crippen LogP contribution is 2.30. The van der Waals surface area contributed by atoms with Crippen LogP contribution in [0.15, 0.2) is 18.5 Å². The number of nitrogens with one attached hydrogen (secondary N) is 1. The minimum Gasteiger partial charge on any atom is -0.394 e. The lowest BCUT2D eigenvalue weighted by atomic mass is 9.82. The summed E-state index contributed by atoms with van der Waals surface area (Å²) in [5.41, 5.74) is 5.38. The fourth-order valence-corrected chi connectivity index (χ4v) is 2.71. The highest BCUT2D eigenvalue weighted by atomic mass is 16.3. The zero-order chi connectivity index (χ0) is 14.7. The Hall–Kier alpha value is -2.22. The van der Waals surface area contributed by atoms with Gasteiger partial charge in [-0.05, 0) is 18.9 Å². The molecule has 2 heterocycles. The molecule has 0 amide bonds. The molecule has 8 heteroatoms. The standard InChI is InChI=1S/C13H19N7O/c14-10-16-11(18-12(17-10)20-8-4-7-15-20)19-13(9-21)5-2-1-3-6-13/h4,7-8,21H,1-3,5-6,9H2,(H3,14,16,17,18,19). The minimum atomic E-state index is -0.368. The molecule has 1 aliphatic carbocycles. The molecule has 0 unspecified atom stereocenters. The second kappa shape index (κ2) is 5.65. The molecule has 3 rings (SSSR count). The largest absolute Gasteiger partial charge is 0.394 e. The van der Waals surface area contributed by atoms with Gasteiger partial charge in [-0.1, -0.05) is 19.3 Å². The van der Waals surface area contributed by atoms with E-state index >= 15 is 0 Å². The molecule has 0 aromatic carbocycles. The van der Waals surface area contributed by atoms with Crippen LogP contribution in [-0.2, 0) is 0 Å². The Labute approximate surface area is 122 Å². The van der Waals surface area contributed by atoms with E-state index in [9.17, 15) is 5.11 Å². The van der Waals surface area contributed by atoms with Gasteiger partial charge in [0.15, 0.2) is 0 Å². The predicted molar refractivity (Wildman–Crippen MR) is 77.9 cm³/mol. The number of nitrogens with zero attached hydrogens (tertiary/aromatic N) is 5. The van der Waals surface area contributed by atoms with Crippen LogP contribution in [0.25, 0.3) is 5.95 Å². The van der Waals surface area contributed by atoms with E-state index in [1.165, 1.54) is 11.1 Å². The Kier molecular flexibility index (Phi) is 3.70. The monoisotopic (exact) mass is 289 g/mol. The molecule has 2 aromatic heterocycles. The van der Waals surface area contributed by atoms with Crippen molar-refractivity contribution >= 4 is 11.9 Å². The third kappa shape index (κ3) is 2.94. The molecule has 2 aromatic rings. The number of anilines is 2. The molecule has 1 aliphatic rings. The summed E-state index contributed by atoms with van der Waals surface area (Å²) in [6.45, 7) is 0.0513. The summed E-state index contributed by atoms with van der Waals surface area (Å²) >= 11 is 0. The Morgan fingerprint density at radius 3 is 2.71 bits per heavy atom. The lowest BCUT2D eigenvalue weighted by Gasteiger charge is -2.36. The van der Waals surface area contributed by atoms with Crippen LogP contribution < -0.4 is 11.1 Å². The second-order valence-corrected chi connectivity index (χ2v) is 5.39. The molecule has 1 fully saturated rings. The lowest BCUT2D eigenvalue weighted by molar-refractivity contribution is 0.172. The smallest absolute Gasteiger partial charge is 0.257 e. The topological polar surface area (TPSA) is 115 Å². The first-order valence-corrected chi connectivity index (χ1v) is 7.11. The summed E-state index contributed by atoms with van der Waals surface area (Å²) in [5, 5.41) is 17.1. The molecule has 0 spiro atoms. The first-order chi connectivity index (χ1) is 10.2. The van der Waals surface area contributed by atoms with Crippen LogP contribution >= 0.6 is 0 Å². The fourth-order valence-electron chi connectivity index (χ4n) is 2.71. The first-order valence-electron chi connectivity index (χ1n) is 7.11. The van der Waals surface area contributed by atoms with Gasteiger partial charge in [0, 0.05) is 12.4 Å². The maximum atomic E-state index is 9.74. The Morgan fingerprint density at radius 1 is 1.24 bits per heavy atom. The zero-order valence-corrected chi connectivity index (χ0v) is 11.7. The van der Waals surface area contributed by atoms with E-state index in [4.69, 9.17) is 5.73 Å². The summed E-state index contributed by atoms with van der Waals surface area (Å²) in [4.78, 5) is 12.5. The number of nitrogens with two attached hydrogens (primary N) is 1. The molecule has 0 atom stereocenters. The highest BCUT2D eigenvalue weighted by molar-refractivity contribution is 5.37. The minimum absolute atomic E-state index is 0.0513. The highest BCUT2D eigenvalue weighted by Gasteiger charge is 2.32. The summed E-state index contributed by atoms with van der Waals surface area (Å²) in [5.74, 6) is 0.866. The molecular weight excluding hydrogens is 270 g/mol. The fraction of sp³-hybridized carbons (Fsp3) is 0.538. The summed E-state index contributed by atoms with van der Waals surface area (Å²) < 4.78 is 1.52. The molecule has 21 heavy (non-hydrogen) atoms. The molecule has 0 aliphatic heterocycles. The van der Waals surface area contributed by atoms with Gasteiger partial charge in [-0.3, -0.25) is 0 Å². The second-order valence-electron chi connectivity index (χ2n) is 5.39. The zero-order valence-electron chi connectivity index (χ0n) is 11.7. The van der Waals surface area contributed by atoms with E-state index in [-0.39, 0.29) is 18.1 Å². The van der Waals surface area contributed by atoms with Gasteiger partial charge in [0.1, 0.15) is 0 Å². The van der Waals surface area contributed by atoms with Gasteiger partial charge in [0.05, 0.1) is 12.1 Å². The van der Waals surface area contributed by atoms with Crippen LogP contribution in [0.1, 0.15) is 32.1 Å². The van der Waals surface area contributed by atoms with Crippen molar-refractivity contribution in [3.8, 4) is 5.95 Å². The molecule has 0 bridgehead atoms. The number of aromatic nitrogens is 5.